The van der Waals surface area contributed by atoms with Crippen molar-refractivity contribution in [3.05, 3.63) is 24.5 Å². The molecule has 0 amide bonds. The molecule has 1 heterocycles. The predicted octanol–water partition coefficient (Wildman–Crippen LogP) is 0.832. The van der Waals surface area contributed by atoms with Crippen LogP contribution in [0.25, 0.3) is 0 Å². The summed E-state index contributed by atoms with van der Waals surface area (Å²) in [6.45, 7) is 0.473. The number of carbonyl (C=O) groups is 1. The Morgan fingerprint density at radius 1 is 1.53 bits per heavy atom. The third-order valence-electron chi connectivity index (χ3n) is 2.50. The van der Waals surface area contributed by atoms with Gasteiger partial charge in [0.25, 0.3) is 0 Å². The van der Waals surface area contributed by atoms with Crippen LogP contribution in [0.15, 0.2) is 24.5 Å². The molecule has 94 valence electrons. The third kappa shape index (κ3) is 4.82. The van der Waals surface area contributed by atoms with Crippen LogP contribution in [0.3, 0.4) is 0 Å². The van der Waals surface area contributed by atoms with E-state index in [0.717, 1.165) is 5.69 Å². The summed E-state index contributed by atoms with van der Waals surface area (Å²) in [5.41, 5.74) is 0.983. The fourth-order valence-electron chi connectivity index (χ4n) is 1.50. The Labute approximate surface area is 101 Å². The van der Waals surface area contributed by atoms with Gasteiger partial charge in [-0.05, 0) is 18.6 Å². The molecule has 17 heavy (non-hydrogen) atoms. The maximum Gasteiger partial charge on any atom is 0.305 e. The lowest BCUT2D eigenvalue weighted by Crippen LogP contribution is -2.29. The van der Waals surface area contributed by atoms with Crippen molar-refractivity contribution < 1.29 is 14.6 Å². The van der Waals surface area contributed by atoms with Crippen LogP contribution in [-0.4, -0.2) is 42.9 Å². The minimum Gasteiger partial charge on any atom is -0.469 e. The summed E-state index contributed by atoms with van der Waals surface area (Å²) < 4.78 is 4.52. The molecule has 0 aliphatic carbocycles. The second-order valence-corrected chi connectivity index (χ2v) is 3.85. The molecule has 1 aromatic heterocycles. The highest BCUT2D eigenvalue weighted by Crippen LogP contribution is 2.11. The molecule has 1 rings (SSSR count). The summed E-state index contributed by atoms with van der Waals surface area (Å²) in [6.07, 6.45) is 3.50. The molecule has 1 aromatic rings. The Balaban J connectivity index is 2.36. The second-order valence-electron chi connectivity index (χ2n) is 3.85. The lowest BCUT2D eigenvalue weighted by Gasteiger charge is -2.22. The third-order valence-corrected chi connectivity index (χ3v) is 2.50. The zero-order valence-corrected chi connectivity index (χ0v) is 10.2. The smallest absolute Gasteiger partial charge is 0.305 e. The van der Waals surface area contributed by atoms with Gasteiger partial charge in [0.05, 0.1) is 13.2 Å². The van der Waals surface area contributed by atoms with Crippen LogP contribution < -0.4 is 4.90 Å². The summed E-state index contributed by atoms with van der Waals surface area (Å²) in [4.78, 5) is 16.8. The number of likely N-dealkylation sites (N-methyl/N-ethyl adjacent to an activating group) is 1. The highest BCUT2D eigenvalue weighted by atomic mass is 16.5. The number of hydrogen-bond acceptors (Lipinski definition) is 5. The molecule has 0 aliphatic rings. The Bertz CT molecular complexity index is 343. The molecule has 1 N–H and O–H groups in total. The number of esters is 1. The fourth-order valence-corrected chi connectivity index (χ4v) is 1.50. The van der Waals surface area contributed by atoms with Gasteiger partial charge >= 0.3 is 5.97 Å². The van der Waals surface area contributed by atoms with Crippen molar-refractivity contribution in [2.75, 3.05) is 25.6 Å². The quantitative estimate of drug-likeness (QED) is 0.744. The fraction of sp³-hybridized carbons (Fsp3) is 0.500. The number of pyridine rings is 1. The monoisotopic (exact) mass is 238 g/mol. The van der Waals surface area contributed by atoms with Crippen molar-refractivity contribution in [1.29, 1.82) is 0 Å². The lowest BCUT2D eigenvalue weighted by molar-refractivity contribution is -0.141. The minimum absolute atomic E-state index is 0.238. The number of aliphatic hydroxyl groups is 1. The van der Waals surface area contributed by atoms with Gasteiger partial charge in [-0.1, -0.05) is 0 Å². The van der Waals surface area contributed by atoms with Gasteiger partial charge in [-0.15, -0.1) is 0 Å². The van der Waals surface area contributed by atoms with Crippen molar-refractivity contribution >= 4 is 11.7 Å². The normalized spacial score (nSPS) is 11.9. The highest BCUT2D eigenvalue weighted by Gasteiger charge is 2.11. The summed E-state index contributed by atoms with van der Waals surface area (Å²) in [7, 11) is 3.23. The lowest BCUT2D eigenvalue weighted by atomic mass is 10.2. The van der Waals surface area contributed by atoms with E-state index in [9.17, 15) is 9.90 Å². The van der Waals surface area contributed by atoms with Crippen molar-refractivity contribution in [1.82, 2.24) is 4.98 Å². The Kier molecular flexibility index (Phi) is 5.42. The van der Waals surface area contributed by atoms with Crippen LogP contribution in [0.2, 0.25) is 0 Å². The van der Waals surface area contributed by atoms with Crippen LogP contribution in [0.1, 0.15) is 12.8 Å². The summed E-state index contributed by atoms with van der Waals surface area (Å²) in [5.74, 6) is -0.296. The molecular weight excluding hydrogens is 220 g/mol. The summed E-state index contributed by atoms with van der Waals surface area (Å²) >= 11 is 0. The van der Waals surface area contributed by atoms with Gasteiger partial charge in [0.1, 0.15) is 0 Å². The van der Waals surface area contributed by atoms with Crippen molar-refractivity contribution in [3.8, 4) is 0 Å². The number of ether oxygens (including phenoxy) is 1. The van der Waals surface area contributed by atoms with Crippen LogP contribution in [-0.2, 0) is 9.53 Å². The molecule has 0 spiro atoms. The van der Waals surface area contributed by atoms with E-state index < -0.39 is 6.10 Å². The average molecular weight is 238 g/mol. The summed E-state index contributed by atoms with van der Waals surface area (Å²) in [5, 5.41) is 9.76. The number of aromatic nitrogens is 1. The molecule has 1 atom stereocenters. The van der Waals surface area contributed by atoms with Crippen LogP contribution in [0.4, 0.5) is 5.69 Å². The standard InChI is InChI=1S/C12H18N2O3/c1-14(10-5-7-13-8-6-10)9-11(15)3-4-12(16)17-2/h5-8,11,15H,3-4,9H2,1-2H3. The van der Waals surface area contributed by atoms with E-state index in [1.165, 1.54) is 7.11 Å². The van der Waals surface area contributed by atoms with E-state index in [0.29, 0.717) is 13.0 Å². The SMILES string of the molecule is COC(=O)CCC(O)CN(C)c1ccncc1. The molecule has 5 heteroatoms. The molecule has 0 aliphatic heterocycles. The Morgan fingerprint density at radius 3 is 2.76 bits per heavy atom. The molecule has 0 aromatic carbocycles. The highest BCUT2D eigenvalue weighted by molar-refractivity contribution is 5.69. The first-order valence-corrected chi connectivity index (χ1v) is 5.49. The van der Waals surface area contributed by atoms with Gasteiger partial charge < -0.3 is 14.7 Å². The van der Waals surface area contributed by atoms with Crippen molar-refractivity contribution in [2.45, 2.75) is 18.9 Å². The van der Waals surface area contributed by atoms with Gasteiger partial charge in [0.15, 0.2) is 0 Å². The zero-order valence-electron chi connectivity index (χ0n) is 10.2. The van der Waals surface area contributed by atoms with Gasteiger partial charge in [0, 0.05) is 38.1 Å². The van der Waals surface area contributed by atoms with Gasteiger partial charge in [0.2, 0.25) is 0 Å². The summed E-state index contributed by atoms with van der Waals surface area (Å²) in [6, 6.07) is 3.74. The first-order valence-electron chi connectivity index (χ1n) is 5.49. The largest absolute Gasteiger partial charge is 0.469 e. The van der Waals surface area contributed by atoms with Crippen molar-refractivity contribution in [2.24, 2.45) is 0 Å². The first-order chi connectivity index (χ1) is 8.13. The molecule has 0 fully saturated rings. The van der Waals surface area contributed by atoms with Crippen molar-refractivity contribution in [3.63, 3.8) is 0 Å². The maximum absolute atomic E-state index is 10.9. The number of rotatable bonds is 6. The molecular formula is C12H18N2O3. The van der Waals surface area contributed by atoms with E-state index in [4.69, 9.17) is 0 Å². The molecule has 0 bridgehead atoms. The Morgan fingerprint density at radius 2 is 2.18 bits per heavy atom. The van der Waals surface area contributed by atoms with E-state index in [-0.39, 0.29) is 12.4 Å². The molecule has 0 saturated heterocycles. The Hall–Kier alpha value is -1.62. The van der Waals surface area contributed by atoms with Gasteiger partial charge in [-0.2, -0.15) is 0 Å². The first kappa shape index (κ1) is 13.4. The topological polar surface area (TPSA) is 62.7 Å². The number of carbonyl (C=O) groups excluding carboxylic acids is 1. The average Bonchev–Trinajstić information content (AvgIpc) is 2.36. The maximum atomic E-state index is 10.9. The zero-order chi connectivity index (χ0) is 12.7. The van der Waals surface area contributed by atoms with E-state index in [2.05, 4.69) is 9.72 Å². The number of methoxy groups -OCH3 is 1. The van der Waals surface area contributed by atoms with E-state index in [1.807, 2.05) is 24.1 Å². The predicted molar refractivity (Wildman–Crippen MR) is 64.8 cm³/mol. The van der Waals surface area contributed by atoms with Gasteiger partial charge in [-0.25, -0.2) is 0 Å². The molecule has 0 saturated carbocycles. The second kappa shape index (κ2) is 6.85. The van der Waals surface area contributed by atoms with Gasteiger partial charge in [-0.3, -0.25) is 9.78 Å². The minimum atomic E-state index is -0.549. The number of hydrogen-bond donors (Lipinski definition) is 1. The molecule has 0 radical (unpaired) electrons. The van der Waals surface area contributed by atoms with Crippen LogP contribution in [0, 0.1) is 0 Å². The van der Waals surface area contributed by atoms with Crippen LogP contribution in [0.5, 0.6) is 0 Å². The van der Waals surface area contributed by atoms with Crippen LogP contribution >= 0.6 is 0 Å². The molecule has 5 nitrogen and oxygen atoms in total. The number of nitrogens with zero attached hydrogens (tertiary/aromatic N) is 2. The van der Waals surface area contributed by atoms with E-state index in [1.54, 1.807) is 12.4 Å². The number of aliphatic hydroxyl groups excluding tert-OH is 1. The number of anilines is 1. The van der Waals surface area contributed by atoms with E-state index >= 15 is 0 Å². The molecule has 1 unspecified atom stereocenters.